The van der Waals surface area contributed by atoms with Crippen LogP contribution in [0.4, 0.5) is 5.69 Å². The van der Waals surface area contributed by atoms with Crippen LogP contribution in [0, 0.1) is 0 Å². The molecule has 4 heteroatoms. The van der Waals surface area contributed by atoms with Gasteiger partial charge >= 0.3 is 0 Å². The highest BCUT2D eigenvalue weighted by Crippen LogP contribution is 2.06. The van der Waals surface area contributed by atoms with Crippen LogP contribution in [0.3, 0.4) is 0 Å². The second-order valence-electron chi connectivity index (χ2n) is 4.80. The van der Waals surface area contributed by atoms with E-state index in [1.165, 1.54) is 0 Å². The molecule has 0 saturated carbocycles. The van der Waals surface area contributed by atoms with Crippen LogP contribution in [0.25, 0.3) is 6.08 Å². The molecule has 104 valence electrons. The summed E-state index contributed by atoms with van der Waals surface area (Å²) in [4.78, 5) is 13.7. The van der Waals surface area contributed by atoms with Gasteiger partial charge in [-0.05, 0) is 57.3 Å². The van der Waals surface area contributed by atoms with E-state index in [-0.39, 0.29) is 5.91 Å². The molecular weight excluding hydrogens is 238 g/mol. The van der Waals surface area contributed by atoms with Crippen molar-refractivity contribution < 1.29 is 4.79 Å². The smallest absolute Gasteiger partial charge is 0.243 e. The Labute approximate surface area is 115 Å². The lowest BCUT2D eigenvalue weighted by Crippen LogP contribution is -2.23. The summed E-state index contributed by atoms with van der Waals surface area (Å²) >= 11 is 0. The van der Waals surface area contributed by atoms with E-state index in [0.717, 1.165) is 37.2 Å². The Kier molecular flexibility index (Phi) is 6.68. The second kappa shape index (κ2) is 8.32. The number of unbranched alkanes of at least 4 members (excludes halogenated alkanes) is 1. The van der Waals surface area contributed by atoms with Crippen LogP contribution in [0.15, 0.2) is 30.3 Å². The van der Waals surface area contributed by atoms with E-state index in [2.05, 4.69) is 10.2 Å². The third kappa shape index (κ3) is 7.26. The lowest BCUT2D eigenvalue weighted by Gasteiger charge is -2.08. The van der Waals surface area contributed by atoms with Crippen LogP contribution in [-0.2, 0) is 4.79 Å². The SMILES string of the molecule is CN(C)CCCCNC(=O)/C=C/c1ccc(N)cc1. The van der Waals surface area contributed by atoms with Gasteiger partial charge in [-0.15, -0.1) is 0 Å². The molecule has 0 unspecified atom stereocenters. The number of amides is 1. The zero-order valence-electron chi connectivity index (χ0n) is 11.7. The first kappa shape index (κ1) is 15.2. The molecule has 3 N–H and O–H groups in total. The Hall–Kier alpha value is -1.81. The minimum Gasteiger partial charge on any atom is -0.399 e. The number of nitrogens with two attached hydrogens (primary N) is 1. The minimum absolute atomic E-state index is 0.0540. The monoisotopic (exact) mass is 261 g/mol. The van der Waals surface area contributed by atoms with E-state index in [1.807, 2.05) is 38.4 Å². The molecule has 1 aromatic carbocycles. The average molecular weight is 261 g/mol. The molecule has 0 radical (unpaired) electrons. The Morgan fingerprint density at radius 1 is 1.26 bits per heavy atom. The van der Waals surface area contributed by atoms with Crippen molar-refractivity contribution >= 4 is 17.7 Å². The molecule has 0 aliphatic carbocycles. The molecule has 0 spiro atoms. The predicted molar refractivity (Wildman–Crippen MR) is 80.7 cm³/mol. The van der Waals surface area contributed by atoms with Crippen LogP contribution in [0.5, 0.6) is 0 Å². The largest absolute Gasteiger partial charge is 0.399 e. The quantitative estimate of drug-likeness (QED) is 0.446. The van der Waals surface area contributed by atoms with Gasteiger partial charge in [0.1, 0.15) is 0 Å². The first-order valence-electron chi connectivity index (χ1n) is 6.54. The standard InChI is InChI=1S/C15H23N3O/c1-18(2)12-4-3-11-17-15(19)10-7-13-5-8-14(16)9-6-13/h5-10H,3-4,11-12,16H2,1-2H3,(H,17,19)/b10-7+. The molecule has 1 amide bonds. The van der Waals surface area contributed by atoms with Gasteiger partial charge < -0.3 is 16.0 Å². The summed E-state index contributed by atoms with van der Waals surface area (Å²) in [6.07, 6.45) is 5.43. The van der Waals surface area contributed by atoms with Crippen LogP contribution in [0.1, 0.15) is 18.4 Å². The van der Waals surface area contributed by atoms with Gasteiger partial charge in [-0.3, -0.25) is 4.79 Å². The van der Waals surface area contributed by atoms with E-state index < -0.39 is 0 Å². The summed E-state index contributed by atoms with van der Waals surface area (Å²) in [5.41, 5.74) is 7.29. The maximum atomic E-state index is 11.5. The number of benzene rings is 1. The van der Waals surface area contributed by atoms with E-state index in [1.54, 1.807) is 12.2 Å². The Bertz CT molecular complexity index is 410. The minimum atomic E-state index is -0.0540. The Morgan fingerprint density at radius 2 is 1.95 bits per heavy atom. The van der Waals surface area contributed by atoms with Crippen molar-refractivity contribution in [1.82, 2.24) is 10.2 Å². The molecule has 0 bridgehead atoms. The van der Waals surface area contributed by atoms with Gasteiger partial charge in [0.2, 0.25) is 5.91 Å². The summed E-state index contributed by atoms with van der Waals surface area (Å²) in [7, 11) is 4.10. The molecule has 0 aliphatic rings. The molecule has 0 aliphatic heterocycles. The van der Waals surface area contributed by atoms with Crippen molar-refractivity contribution in [2.75, 3.05) is 32.9 Å². The van der Waals surface area contributed by atoms with Gasteiger partial charge in [0.05, 0.1) is 0 Å². The van der Waals surface area contributed by atoms with Crippen molar-refractivity contribution in [2.24, 2.45) is 0 Å². The molecule has 0 saturated heterocycles. The van der Waals surface area contributed by atoms with Crippen molar-refractivity contribution in [1.29, 1.82) is 0 Å². The predicted octanol–water partition coefficient (Wildman–Crippen LogP) is 1.74. The van der Waals surface area contributed by atoms with Gasteiger partial charge in [-0.1, -0.05) is 12.1 Å². The normalized spacial score (nSPS) is 11.1. The van der Waals surface area contributed by atoms with Crippen LogP contribution >= 0.6 is 0 Å². The molecule has 0 aromatic heterocycles. The highest BCUT2D eigenvalue weighted by Gasteiger charge is 1.96. The first-order chi connectivity index (χ1) is 9.08. The number of carbonyl (C=O) groups excluding carboxylic acids is 1. The lowest BCUT2D eigenvalue weighted by molar-refractivity contribution is -0.116. The van der Waals surface area contributed by atoms with Crippen molar-refractivity contribution in [3.05, 3.63) is 35.9 Å². The van der Waals surface area contributed by atoms with Crippen molar-refractivity contribution in [2.45, 2.75) is 12.8 Å². The molecular formula is C15H23N3O. The maximum Gasteiger partial charge on any atom is 0.243 e. The topological polar surface area (TPSA) is 58.4 Å². The maximum absolute atomic E-state index is 11.5. The molecule has 0 fully saturated rings. The van der Waals surface area contributed by atoms with Crippen molar-refractivity contribution in [3.63, 3.8) is 0 Å². The van der Waals surface area contributed by atoms with Crippen molar-refractivity contribution in [3.8, 4) is 0 Å². The van der Waals surface area contributed by atoms with Gasteiger partial charge in [0.15, 0.2) is 0 Å². The second-order valence-corrected chi connectivity index (χ2v) is 4.80. The van der Waals surface area contributed by atoms with E-state index >= 15 is 0 Å². The summed E-state index contributed by atoms with van der Waals surface area (Å²) in [5, 5.41) is 2.87. The molecule has 0 atom stereocenters. The van der Waals surface area contributed by atoms with Crippen LogP contribution < -0.4 is 11.1 Å². The van der Waals surface area contributed by atoms with E-state index in [9.17, 15) is 4.79 Å². The molecule has 1 rings (SSSR count). The number of anilines is 1. The zero-order chi connectivity index (χ0) is 14.1. The molecule has 1 aromatic rings. The number of hydrogen-bond donors (Lipinski definition) is 2. The van der Waals surface area contributed by atoms with Gasteiger partial charge in [-0.2, -0.15) is 0 Å². The lowest BCUT2D eigenvalue weighted by atomic mass is 10.2. The van der Waals surface area contributed by atoms with Gasteiger partial charge in [-0.25, -0.2) is 0 Å². The molecule has 19 heavy (non-hydrogen) atoms. The third-order valence-electron chi connectivity index (χ3n) is 2.69. The fourth-order valence-electron chi connectivity index (χ4n) is 1.60. The third-order valence-corrected chi connectivity index (χ3v) is 2.69. The van der Waals surface area contributed by atoms with Gasteiger partial charge in [0, 0.05) is 18.3 Å². The van der Waals surface area contributed by atoms with E-state index in [4.69, 9.17) is 5.73 Å². The Balaban J connectivity index is 2.22. The number of carbonyl (C=O) groups is 1. The van der Waals surface area contributed by atoms with Crippen LogP contribution in [0.2, 0.25) is 0 Å². The fourth-order valence-corrected chi connectivity index (χ4v) is 1.60. The van der Waals surface area contributed by atoms with Crippen LogP contribution in [-0.4, -0.2) is 38.0 Å². The number of nitrogens with one attached hydrogen (secondary N) is 1. The van der Waals surface area contributed by atoms with Gasteiger partial charge in [0.25, 0.3) is 0 Å². The zero-order valence-corrected chi connectivity index (χ0v) is 11.7. The number of nitrogens with zero attached hydrogens (tertiary/aromatic N) is 1. The highest BCUT2D eigenvalue weighted by atomic mass is 16.1. The average Bonchev–Trinajstić information content (AvgIpc) is 2.37. The summed E-state index contributed by atoms with van der Waals surface area (Å²) < 4.78 is 0. The first-order valence-corrected chi connectivity index (χ1v) is 6.54. The highest BCUT2D eigenvalue weighted by molar-refractivity contribution is 5.91. The number of hydrogen-bond acceptors (Lipinski definition) is 3. The summed E-state index contributed by atoms with van der Waals surface area (Å²) in [5.74, 6) is -0.0540. The Morgan fingerprint density at radius 3 is 2.58 bits per heavy atom. The van der Waals surface area contributed by atoms with E-state index in [0.29, 0.717) is 0 Å². The molecule has 0 heterocycles. The summed E-state index contributed by atoms with van der Waals surface area (Å²) in [6, 6.07) is 7.41. The summed E-state index contributed by atoms with van der Waals surface area (Å²) in [6.45, 7) is 1.77. The molecule has 4 nitrogen and oxygen atoms in total. The number of rotatable bonds is 7. The fraction of sp³-hybridized carbons (Fsp3) is 0.400. The number of nitrogen functional groups attached to an aromatic ring is 1.